The standard InChI is InChI=1S/C21H20N2O10/c1-2-20(31)13(33-16(15(20)25)23-9-8-14(24)22-19(23)30)11-32-21(17(26)27,18(28)29)10-12-6-4-3-5-7-12/h1,3-9,13,15-16,25,31H,10-11H2,(H,26,27)(H,28,29)(H,22,24,30)/t13-,15+,16-,20-/m1/s1. The Labute approximate surface area is 185 Å². The second-order valence-electron chi connectivity index (χ2n) is 7.36. The molecule has 0 radical (unpaired) electrons. The van der Waals surface area contributed by atoms with Gasteiger partial charge in [0.1, 0.15) is 12.2 Å². The van der Waals surface area contributed by atoms with Crippen molar-refractivity contribution in [2.75, 3.05) is 6.61 Å². The fourth-order valence-electron chi connectivity index (χ4n) is 3.46. The van der Waals surface area contributed by atoms with E-state index >= 15 is 0 Å². The van der Waals surface area contributed by atoms with Gasteiger partial charge in [-0.1, -0.05) is 36.3 Å². The van der Waals surface area contributed by atoms with Gasteiger partial charge in [-0.2, -0.15) is 0 Å². The van der Waals surface area contributed by atoms with Crippen LogP contribution >= 0.6 is 0 Å². The summed E-state index contributed by atoms with van der Waals surface area (Å²) >= 11 is 0. The summed E-state index contributed by atoms with van der Waals surface area (Å²) in [5.74, 6) is -1.69. The Hall–Kier alpha value is -3.76. The Morgan fingerprint density at radius 3 is 2.39 bits per heavy atom. The molecule has 3 rings (SSSR count). The minimum Gasteiger partial charge on any atom is -0.479 e. The van der Waals surface area contributed by atoms with E-state index in [1.807, 2.05) is 10.9 Å². The minimum atomic E-state index is -2.77. The molecule has 0 aliphatic carbocycles. The number of terminal acetylenes is 1. The second kappa shape index (κ2) is 9.00. The first kappa shape index (κ1) is 23.9. The fraction of sp³-hybridized carbons (Fsp3) is 0.333. The highest BCUT2D eigenvalue weighted by molar-refractivity contribution is 6.02. The second-order valence-corrected chi connectivity index (χ2v) is 7.36. The van der Waals surface area contributed by atoms with E-state index in [4.69, 9.17) is 15.9 Å². The number of carboxylic acid groups (broad SMARTS) is 2. The molecule has 1 fully saturated rings. The number of carbonyl (C=O) groups is 2. The number of hydrogen-bond acceptors (Lipinski definition) is 8. The smallest absolute Gasteiger partial charge is 0.348 e. The number of nitrogens with zero attached hydrogens (tertiary/aromatic N) is 1. The molecule has 12 heteroatoms. The van der Waals surface area contributed by atoms with Gasteiger partial charge in [0, 0.05) is 18.7 Å². The van der Waals surface area contributed by atoms with Gasteiger partial charge in [-0.15, -0.1) is 6.42 Å². The normalized spacial score (nSPS) is 24.8. The molecule has 5 N–H and O–H groups in total. The Kier molecular flexibility index (Phi) is 6.52. The molecule has 1 aliphatic rings. The van der Waals surface area contributed by atoms with Crippen molar-refractivity contribution in [2.24, 2.45) is 0 Å². The van der Waals surface area contributed by atoms with Gasteiger partial charge in [0.2, 0.25) is 0 Å². The zero-order valence-electron chi connectivity index (χ0n) is 17.0. The lowest BCUT2D eigenvalue weighted by Crippen LogP contribution is -2.55. The van der Waals surface area contributed by atoms with Crippen LogP contribution in [0.3, 0.4) is 0 Å². The van der Waals surface area contributed by atoms with Crippen LogP contribution in [-0.2, 0) is 25.5 Å². The monoisotopic (exact) mass is 460 g/mol. The Morgan fingerprint density at radius 2 is 1.85 bits per heavy atom. The van der Waals surface area contributed by atoms with E-state index in [2.05, 4.69) is 0 Å². The van der Waals surface area contributed by atoms with E-state index in [-0.39, 0.29) is 0 Å². The summed E-state index contributed by atoms with van der Waals surface area (Å²) in [4.78, 5) is 49.2. The summed E-state index contributed by atoms with van der Waals surface area (Å²) in [5.41, 5.74) is -6.58. The quantitative estimate of drug-likeness (QED) is 0.225. The van der Waals surface area contributed by atoms with Crippen LogP contribution in [0.2, 0.25) is 0 Å². The van der Waals surface area contributed by atoms with Crippen LogP contribution in [0.25, 0.3) is 0 Å². The third-order valence-corrected chi connectivity index (χ3v) is 5.34. The number of aromatic amines is 1. The van der Waals surface area contributed by atoms with Gasteiger partial charge in [-0.25, -0.2) is 14.4 Å². The first-order chi connectivity index (χ1) is 15.5. The van der Waals surface area contributed by atoms with Crippen LogP contribution in [0, 0.1) is 12.3 Å². The zero-order valence-corrected chi connectivity index (χ0v) is 17.0. The predicted molar refractivity (Wildman–Crippen MR) is 109 cm³/mol. The molecule has 2 aromatic rings. The van der Waals surface area contributed by atoms with Crippen molar-refractivity contribution in [1.82, 2.24) is 9.55 Å². The van der Waals surface area contributed by atoms with E-state index < -0.39 is 65.9 Å². The van der Waals surface area contributed by atoms with Crippen molar-refractivity contribution < 1.29 is 39.5 Å². The average molecular weight is 460 g/mol. The van der Waals surface area contributed by atoms with Crippen LogP contribution in [0.15, 0.2) is 52.2 Å². The van der Waals surface area contributed by atoms with Crippen LogP contribution in [-0.4, -0.2) is 71.9 Å². The largest absolute Gasteiger partial charge is 0.479 e. The Bertz CT molecular complexity index is 1180. The molecule has 1 aromatic heterocycles. The minimum absolute atomic E-state index is 0.347. The van der Waals surface area contributed by atoms with Crippen LogP contribution in [0.1, 0.15) is 11.8 Å². The summed E-state index contributed by atoms with van der Waals surface area (Å²) in [5, 5.41) is 40.7. The number of aliphatic carboxylic acids is 2. The first-order valence-electron chi connectivity index (χ1n) is 9.55. The van der Waals surface area contributed by atoms with E-state index in [9.17, 15) is 39.6 Å². The average Bonchev–Trinajstić information content (AvgIpc) is 3.02. The molecule has 33 heavy (non-hydrogen) atoms. The highest BCUT2D eigenvalue weighted by atomic mass is 16.6. The molecule has 1 aromatic carbocycles. The molecule has 12 nitrogen and oxygen atoms in total. The number of carboxylic acids is 2. The van der Waals surface area contributed by atoms with Gasteiger partial charge in [0.15, 0.2) is 11.8 Å². The molecule has 174 valence electrons. The van der Waals surface area contributed by atoms with Gasteiger partial charge in [-0.05, 0) is 5.56 Å². The zero-order chi connectivity index (χ0) is 24.4. The molecule has 0 saturated carbocycles. The van der Waals surface area contributed by atoms with Crippen molar-refractivity contribution >= 4 is 11.9 Å². The molecule has 0 amide bonds. The van der Waals surface area contributed by atoms with Crippen molar-refractivity contribution in [3.05, 3.63) is 69.0 Å². The number of ether oxygens (including phenoxy) is 2. The number of aliphatic hydroxyl groups is 2. The SMILES string of the molecule is C#C[C@@]1(O)[C@@H](COC(Cc2ccccc2)(C(=O)O)C(=O)O)O[C@@H](n2ccc(=O)[nH]c2=O)[C@@H]1O. The molecular formula is C21H20N2O10. The lowest BCUT2D eigenvalue weighted by Gasteiger charge is -2.30. The highest BCUT2D eigenvalue weighted by Gasteiger charge is 2.57. The van der Waals surface area contributed by atoms with Crippen molar-refractivity contribution in [3.63, 3.8) is 0 Å². The van der Waals surface area contributed by atoms with Gasteiger partial charge >= 0.3 is 17.6 Å². The van der Waals surface area contributed by atoms with Crippen LogP contribution in [0.5, 0.6) is 0 Å². The summed E-state index contributed by atoms with van der Waals surface area (Å²) in [6, 6.07) is 8.82. The molecule has 2 heterocycles. The van der Waals surface area contributed by atoms with E-state index in [1.54, 1.807) is 18.2 Å². The van der Waals surface area contributed by atoms with Gasteiger partial charge < -0.3 is 29.9 Å². The summed E-state index contributed by atoms with van der Waals surface area (Å²) in [6.45, 7) is -0.863. The first-order valence-corrected chi connectivity index (χ1v) is 9.55. The molecule has 0 spiro atoms. The highest BCUT2D eigenvalue weighted by Crippen LogP contribution is 2.37. The lowest BCUT2D eigenvalue weighted by molar-refractivity contribution is -0.191. The lowest BCUT2D eigenvalue weighted by atomic mass is 9.92. The number of rotatable bonds is 8. The van der Waals surface area contributed by atoms with Crippen molar-refractivity contribution in [2.45, 2.75) is 36.1 Å². The molecule has 1 saturated heterocycles. The summed E-state index contributed by atoms with van der Waals surface area (Å²) in [6.07, 6.45) is 0.684. The maximum Gasteiger partial charge on any atom is 0.348 e. The van der Waals surface area contributed by atoms with Crippen molar-refractivity contribution in [1.29, 1.82) is 0 Å². The number of benzene rings is 1. The number of aromatic nitrogens is 2. The van der Waals surface area contributed by atoms with E-state index in [0.29, 0.717) is 5.56 Å². The summed E-state index contributed by atoms with van der Waals surface area (Å²) in [7, 11) is 0. The van der Waals surface area contributed by atoms with E-state index in [1.165, 1.54) is 12.1 Å². The number of nitrogens with one attached hydrogen (secondary N) is 1. The molecule has 0 bridgehead atoms. The predicted octanol–water partition coefficient (Wildman–Crippen LogP) is -1.67. The van der Waals surface area contributed by atoms with Crippen LogP contribution in [0.4, 0.5) is 0 Å². The topological polar surface area (TPSA) is 188 Å². The molecule has 0 unspecified atom stereocenters. The summed E-state index contributed by atoms with van der Waals surface area (Å²) < 4.78 is 11.5. The van der Waals surface area contributed by atoms with Crippen LogP contribution < -0.4 is 11.2 Å². The van der Waals surface area contributed by atoms with Crippen molar-refractivity contribution in [3.8, 4) is 12.3 Å². The van der Waals surface area contributed by atoms with E-state index in [0.717, 1.165) is 16.8 Å². The third kappa shape index (κ3) is 4.30. The maximum atomic E-state index is 12.1. The molecule has 4 atom stereocenters. The third-order valence-electron chi connectivity index (χ3n) is 5.34. The van der Waals surface area contributed by atoms with Gasteiger partial charge in [0.05, 0.1) is 6.61 Å². The molecular weight excluding hydrogens is 440 g/mol. The Balaban J connectivity index is 1.91. The fourth-order valence-corrected chi connectivity index (χ4v) is 3.46. The number of aliphatic hydroxyl groups excluding tert-OH is 1. The van der Waals surface area contributed by atoms with Gasteiger partial charge in [-0.3, -0.25) is 14.3 Å². The number of H-pyrrole nitrogens is 1. The Morgan fingerprint density at radius 1 is 1.21 bits per heavy atom. The maximum absolute atomic E-state index is 12.1. The van der Waals surface area contributed by atoms with Gasteiger partial charge in [0.25, 0.3) is 11.2 Å². The number of hydrogen-bond donors (Lipinski definition) is 5. The molecule has 1 aliphatic heterocycles.